The molecule has 0 aliphatic heterocycles. The Balaban J connectivity index is 2.27. The second kappa shape index (κ2) is 12.8. The minimum atomic E-state index is -0.0649. The minimum Gasteiger partial charge on any atom is -0.385 e. The van der Waals surface area contributed by atoms with Crippen molar-refractivity contribution in [2.24, 2.45) is 4.99 Å². The Morgan fingerprint density at radius 3 is 2.71 bits per heavy atom. The molecule has 6 nitrogen and oxygen atoms in total. The molecular weight excluding hydrogens is 372 g/mol. The van der Waals surface area contributed by atoms with E-state index in [4.69, 9.17) is 4.74 Å². The molecule has 0 aliphatic carbocycles. The van der Waals surface area contributed by atoms with Crippen LogP contribution in [0, 0.1) is 0 Å². The van der Waals surface area contributed by atoms with Gasteiger partial charge in [-0.15, -0.1) is 0 Å². The number of benzene rings is 1. The number of carbonyl (C=O) groups excluding carboxylic acids is 1. The van der Waals surface area contributed by atoms with Crippen molar-refractivity contribution in [3.8, 4) is 0 Å². The van der Waals surface area contributed by atoms with Crippen molar-refractivity contribution in [2.45, 2.75) is 19.8 Å². The minimum absolute atomic E-state index is 0.0649. The third-order valence-electron chi connectivity index (χ3n) is 3.14. The molecule has 0 radical (unpaired) electrons. The molecule has 0 aliphatic rings. The van der Waals surface area contributed by atoms with Crippen molar-refractivity contribution in [3.05, 3.63) is 34.3 Å². The molecule has 0 unspecified atom stereocenters. The van der Waals surface area contributed by atoms with Crippen molar-refractivity contribution >= 4 is 27.8 Å². The highest BCUT2D eigenvalue weighted by molar-refractivity contribution is 9.10. The van der Waals surface area contributed by atoms with E-state index in [9.17, 15) is 4.79 Å². The lowest BCUT2D eigenvalue weighted by Gasteiger charge is -2.11. The summed E-state index contributed by atoms with van der Waals surface area (Å²) < 4.78 is 5.92. The van der Waals surface area contributed by atoms with E-state index < -0.39 is 0 Å². The van der Waals surface area contributed by atoms with E-state index in [0.29, 0.717) is 18.7 Å². The van der Waals surface area contributed by atoms with E-state index in [2.05, 4.69) is 36.9 Å². The predicted molar refractivity (Wildman–Crippen MR) is 102 cm³/mol. The van der Waals surface area contributed by atoms with Gasteiger partial charge in [0.15, 0.2) is 5.96 Å². The summed E-state index contributed by atoms with van der Waals surface area (Å²) in [6, 6.07) is 7.35. The molecule has 0 bridgehead atoms. The standard InChI is InChI=1S/C17H27BrN4O2/c1-3-19-17(22-11-6-12-24-2)21-10-5-9-20-16(23)14-7-4-8-15(18)13-14/h4,7-8,13H,3,5-6,9-12H2,1-2H3,(H,20,23)(H2,19,21,22). The summed E-state index contributed by atoms with van der Waals surface area (Å²) in [4.78, 5) is 16.5. The first-order valence-electron chi connectivity index (χ1n) is 8.22. The average Bonchev–Trinajstić information content (AvgIpc) is 2.58. The molecule has 0 spiro atoms. The Labute approximate surface area is 152 Å². The maximum Gasteiger partial charge on any atom is 0.251 e. The Hall–Kier alpha value is -1.60. The van der Waals surface area contributed by atoms with Crippen molar-refractivity contribution in [2.75, 3.05) is 39.9 Å². The number of guanidine groups is 1. The van der Waals surface area contributed by atoms with Gasteiger partial charge in [0.1, 0.15) is 0 Å². The zero-order chi connectivity index (χ0) is 17.6. The summed E-state index contributed by atoms with van der Waals surface area (Å²) in [6.45, 7) is 5.64. The molecular formula is C17H27BrN4O2. The van der Waals surface area contributed by atoms with E-state index >= 15 is 0 Å². The summed E-state index contributed by atoms with van der Waals surface area (Å²) >= 11 is 3.36. The molecule has 7 heteroatoms. The molecule has 0 saturated heterocycles. The topological polar surface area (TPSA) is 74.8 Å². The van der Waals surface area contributed by atoms with Gasteiger partial charge >= 0.3 is 0 Å². The van der Waals surface area contributed by atoms with Crippen LogP contribution < -0.4 is 16.0 Å². The van der Waals surface area contributed by atoms with Crippen molar-refractivity contribution in [1.29, 1.82) is 0 Å². The highest BCUT2D eigenvalue weighted by Crippen LogP contribution is 2.11. The van der Waals surface area contributed by atoms with Gasteiger partial charge in [0, 0.05) is 49.9 Å². The number of nitrogens with zero attached hydrogens (tertiary/aromatic N) is 1. The summed E-state index contributed by atoms with van der Waals surface area (Å²) in [6.07, 6.45) is 1.72. The molecule has 24 heavy (non-hydrogen) atoms. The van der Waals surface area contributed by atoms with Crippen LogP contribution in [0.3, 0.4) is 0 Å². The van der Waals surface area contributed by atoms with Crippen LogP contribution in [0.1, 0.15) is 30.1 Å². The first kappa shape index (κ1) is 20.4. The molecule has 0 fully saturated rings. The molecule has 0 saturated carbocycles. The van der Waals surface area contributed by atoms with Crippen LogP contribution in [-0.4, -0.2) is 51.8 Å². The summed E-state index contributed by atoms with van der Waals surface area (Å²) in [5.74, 6) is 0.733. The quantitative estimate of drug-likeness (QED) is 0.320. The summed E-state index contributed by atoms with van der Waals surface area (Å²) in [7, 11) is 1.70. The molecule has 0 heterocycles. The van der Waals surface area contributed by atoms with Gasteiger partial charge in [-0.3, -0.25) is 9.79 Å². The Bertz CT molecular complexity index is 523. The van der Waals surface area contributed by atoms with E-state index in [1.165, 1.54) is 0 Å². The second-order valence-corrected chi connectivity index (χ2v) is 6.07. The Morgan fingerprint density at radius 1 is 1.21 bits per heavy atom. The smallest absolute Gasteiger partial charge is 0.251 e. The number of hydrogen-bond acceptors (Lipinski definition) is 3. The van der Waals surface area contributed by atoms with Crippen LogP contribution in [-0.2, 0) is 4.74 Å². The zero-order valence-electron chi connectivity index (χ0n) is 14.4. The molecule has 1 aromatic carbocycles. The van der Waals surface area contributed by atoms with Crippen LogP contribution in [0.25, 0.3) is 0 Å². The van der Waals surface area contributed by atoms with Crippen LogP contribution in [0.15, 0.2) is 33.7 Å². The molecule has 1 amide bonds. The molecule has 0 atom stereocenters. The van der Waals surface area contributed by atoms with Gasteiger partial charge in [-0.05, 0) is 38.0 Å². The number of aliphatic imine (C=N–C) groups is 1. The van der Waals surface area contributed by atoms with Gasteiger partial charge in [0.25, 0.3) is 5.91 Å². The largest absolute Gasteiger partial charge is 0.385 e. The Kier molecular flexibility index (Phi) is 10.9. The normalized spacial score (nSPS) is 11.2. The van der Waals surface area contributed by atoms with Crippen LogP contribution in [0.4, 0.5) is 0 Å². The third kappa shape index (κ3) is 8.88. The van der Waals surface area contributed by atoms with Gasteiger partial charge in [0.2, 0.25) is 0 Å². The van der Waals surface area contributed by atoms with E-state index in [-0.39, 0.29) is 5.91 Å². The third-order valence-corrected chi connectivity index (χ3v) is 3.63. The summed E-state index contributed by atoms with van der Waals surface area (Å²) in [5.41, 5.74) is 0.654. The zero-order valence-corrected chi connectivity index (χ0v) is 16.0. The highest BCUT2D eigenvalue weighted by Gasteiger charge is 2.04. The van der Waals surface area contributed by atoms with Crippen LogP contribution in [0.2, 0.25) is 0 Å². The number of nitrogens with one attached hydrogen (secondary N) is 3. The van der Waals surface area contributed by atoms with Gasteiger partial charge < -0.3 is 20.7 Å². The number of amides is 1. The van der Waals surface area contributed by atoms with Crippen LogP contribution >= 0.6 is 15.9 Å². The molecule has 134 valence electrons. The van der Waals surface area contributed by atoms with E-state index in [1.54, 1.807) is 19.2 Å². The molecule has 1 aromatic rings. The van der Waals surface area contributed by atoms with Crippen LogP contribution in [0.5, 0.6) is 0 Å². The first-order valence-corrected chi connectivity index (χ1v) is 9.01. The maximum atomic E-state index is 12.0. The number of carbonyl (C=O) groups is 1. The molecule has 3 N–H and O–H groups in total. The number of rotatable bonds is 10. The highest BCUT2D eigenvalue weighted by atomic mass is 79.9. The average molecular weight is 399 g/mol. The fourth-order valence-corrected chi connectivity index (χ4v) is 2.37. The van der Waals surface area contributed by atoms with Gasteiger partial charge in [-0.2, -0.15) is 0 Å². The molecule has 0 aromatic heterocycles. The van der Waals surface area contributed by atoms with Gasteiger partial charge in [0.05, 0.1) is 0 Å². The maximum absolute atomic E-state index is 12.0. The summed E-state index contributed by atoms with van der Waals surface area (Å²) in [5, 5.41) is 9.36. The lowest BCUT2D eigenvalue weighted by atomic mass is 10.2. The van der Waals surface area contributed by atoms with Gasteiger partial charge in [-0.25, -0.2) is 0 Å². The Morgan fingerprint density at radius 2 is 2.00 bits per heavy atom. The van der Waals surface area contributed by atoms with E-state index in [1.807, 2.05) is 19.1 Å². The first-order chi connectivity index (χ1) is 11.7. The fourth-order valence-electron chi connectivity index (χ4n) is 1.97. The number of hydrogen-bond donors (Lipinski definition) is 3. The molecule has 1 rings (SSSR count). The van der Waals surface area contributed by atoms with Crippen molar-refractivity contribution in [3.63, 3.8) is 0 Å². The second-order valence-electron chi connectivity index (χ2n) is 5.15. The monoisotopic (exact) mass is 398 g/mol. The predicted octanol–water partition coefficient (Wildman–Crippen LogP) is 2.16. The lowest BCUT2D eigenvalue weighted by molar-refractivity contribution is 0.0953. The van der Waals surface area contributed by atoms with Crippen molar-refractivity contribution < 1.29 is 9.53 Å². The number of halogens is 1. The van der Waals surface area contributed by atoms with Gasteiger partial charge in [-0.1, -0.05) is 22.0 Å². The fraction of sp³-hybridized carbons (Fsp3) is 0.529. The number of ether oxygens (including phenoxy) is 1. The lowest BCUT2D eigenvalue weighted by Crippen LogP contribution is -2.38. The number of methoxy groups -OCH3 is 1. The van der Waals surface area contributed by atoms with E-state index in [0.717, 1.165) is 43.0 Å². The van der Waals surface area contributed by atoms with Crippen molar-refractivity contribution in [1.82, 2.24) is 16.0 Å². The SMILES string of the molecule is CCNC(=NCCCNC(=O)c1cccc(Br)c1)NCCCOC.